The van der Waals surface area contributed by atoms with Crippen molar-refractivity contribution in [1.29, 1.82) is 5.26 Å². The van der Waals surface area contributed by atoms with E-state index in [0.29, 0.717) is 5.56 Å². The number of aliphatic carboxylic acids is 2. The van der Waals surface area contributed by atoms with Gasteiger partial charge in [0.2, 0.25) is 0 Å². The smallest absolute Gasteiger partial charge is 0.303 e. The van der Waals surface area contributed by atoms with Crippen molar-refractivity contribution in [3.05, 3.63) is 34.3 Å². The number of nitrogens with zero attached hydrogens (tertiary/aromatic N) is 1. The molecule has 0 saturated carbocycles. The van der Waals surface area contributed by atoms with Gasteiger partial charge in [-0.15, -0.1) is 0 Å². The summed E-state index contributed by atoms with van der Waals surface area (Å²) >= 11 is 3.29. The minimum Gasteiger partial charge on any atom is -0.481 e. The molecule has 1 rings (SSSR count). The maximum atomic E-state index is 10.8. The Bertz CT molecular complexity index is 515. The molecule has 0 saturated heterocycles. The molecule has 0 radical (unpaired) electrons. The first kappa shape index (κ1) is 16.2. The topological polar surface area (TPSA) is 98.4 Å². The zero-order valence-corrected chi connectivity index (χ0v) is 12.3. The maximum absolute atomic E-state index is 10.8. The largest absolute Gasteiger partial charge is 0.481 e. The van der Waals surface area contributed by atoms with Gasteiger partial charge in [0.05, 0.1) is 11.5 Å². The molecule has 0 fully saturated rings. The van der Waals surface area contributed by atoms with E-state index in [2.05, 4.69) is 22.0 Å². The van der Waals surface area contributed by atoms with E-state index >= 15 is 0 Å². The number of halogens is 1. The zero-order chi connectivity index (χ0) is 15.2. The third-order valence-electron chi connectivity index (χ3n) is 3.14. The molecule has 0 bridgehead atoms. The number of hydrogen-bond donors (Lipinski definition) is 2. The Morgan fingerprint density at radius 3 is 1.90 bits per heavy atom. The first-order chi connectivity index (χ1) is 9.39. The van der Waals surface area contributed by atoms with Crippen molar-refractivity contribution < 1.29 is 19.8 Å². The summed E-state index contributed by atoms with van der Waals surface area (Å²) in [6.07, 6.45) is -0.173. The fourth-order valence-corrected chi connectivity index (χ4v) is 2.26. The predicted molar refractivity (Wildman–Crippen MR) is 75.2 cm³/mol. The Hall–Kier alpha value is -1.87. The standard InChI is InChI=1S/C14H14BrNO4/c15-11-3-1-10(2-4-11)14(9-16,7-5-12(17)18)8-6-13(19)20/h1-4H,5-8H2,(H,17,18)(H,19,20). The van der Waals surface area contributed by atoms with Crippen LogP contribution >= 0.6 is 15.9 Å². The summed E-state index contributed by atoms with van der Waals surface area (Å²) in [6, 6.07) is 9.06. The molecule has 0 spiro atoms. The normalized spacial score (nSPS) is 10.8. The highest BCUT2D eigenvalue weighted by Crippen LogP contribution is 2.34. The number of nitriles is 1. The van der Waals surface area contributed by atoms with Crippen LogP contribution in [0.5, 0.6) is 0 Å². The molecule has 0 aliphatic carbocycles. The van der Waals surface area contributed by atoms with Crippen molar-refractivity contribution in [2.75, 3.05) is 0 Å². The van der Waals surface area contributed by atoms with Gasteiger partial charge in [0.1, 0.15) is 0 Å². The van der Waals surface area contributed by atoms with E-state index in [1.54, 1.807) is 24.3 Å². The zero-order valence-electron chi connectivity index (χ0n) is 10.7. The summed E-state index contributed by atoms with van der Waals surface area (Å²) in [5.74, 6) is -2.01. The van der Waals surface area contributed by atoms with E-state index in [9.17, 15) is 14.9 Å². The van der Waals surface area contributed by atoms with Gasteiger partial charge in [0.15, 0.2) is 0 Å². The average Bonchev–Trinajstić information content (AvgIpc) is 2.40. The number of carbonyl (C=O) groups is 2. The molecule has 20 heavy (non-hydrogen) atoms. The van der Waals surface area contributed by atoms with E-state index in [1.807, 2.05) is 0 Å². The highest BCUT2D eigenvalue weighted by atomic mass is 79.9. The van der Waals surface area contributed by atoms with Gasteiger partial charge in [0, 0.05) is 17.3 Å². The second-order valence-electron chi connectivity index (χ2n) is 4.49. The van der Waals surface area contributed by atoms with E-state index in [1.165, 1.54) is 0 Å². The number of benzene rings is 1. The molecule has 106 valence electrons. The molecule has 0 unspecified atom stereocenters. The van der Waals surface area contributed by atoms with Crippen LogP contribution in [0.25, 0.3) is 0 Å². The Kier molecular flexibility index (Phi) is 5.71. The third-order valence-corrected chi connectivity index (χ3v) is 3.67. The van der Waals surface area contributed by atoms with Gasteiger partial charge in [-0.25, -0.2) is 0 Å². The Morgan fingerprint density at radius 2 is 1.55 bits per heavy atom. The average molecular weight is 340 g/mol. The molecule has 2 N–H and O–H groups in total. The second kappa shape index (κ2) is 7.06. The van der Waals surface area contributed by atoms with Crippen molar-refractivity contribution in [2.24, 2.45) is 0 Å². The lowest BCUT2D eigenvalue weighted by Gasteiger charge is -2.26. The lowest BCUT2D eigenvalue weighted by Crippen LogP contribution is -2.26. The van der Waals surface area contributed by atoms with Crippen molar-refractivity contribution in [3.63, 3.8) is 0 Å². The van der Waals surface area contributed by atoms with Crippen LogP contribution in [0.15, 0.2) is 28.7 Å². The molecule has 5 nitrogen and oxygen atoms in total. The molecule has 6 heteroatoms. The molecule has 0 atom stereocenters. The van der Waals surface area contributed by atoms with Gasteiger partial charge in [-0.1, -0.05) is 28.1 Å². The van der Waals surface area contributed by atoms with Gasteiger partial charge < -0.3 is 10.2 Å². The molecule has 0 aliphatic heterocycles. The monoisotopic (exact) mass is 339 g/mol. The predicted octanol–water partition coefficient (Wildman–Crippen LogP) is 2.94. The van der Waals surface area contributed by atoms with E-state index < -0.39 is 17.4 Å². The molecule has 0 heterocycles. The van der Waals surface area contributed by atoms with Crippen LogP contribution in [-0.4, -0.2) is 22.2 Å². The third kappa shape index (κ3) is 4.35. The van der Waals surface area contributed by atoms with Crippen LogP contribution in [0.1, 0.15) is 31.2 Å². The lowest BCUT2D eigenvalue weighted by atomic mass is 9.74. The van der Waals surface area contributed by atoms with Gasteiger partial charge in [-0.05, 0) is 30.5 Å². The van der Waals surface area contributed by atoms with Crippen molar-refractivity contribution >= 4 is 27.9 Å². The number of carboxylic acids is 2. The number of hydrogen-bond acceptors (Lipinski definition) is 3. The highest BCUT2D eigenvalue weighted by Gasteiger charge is 2.33. The quantitative estimate of drug-likeness (QED) is 0.795. The number of rotatable bonds is 7. The fraction of sp³-hybridized carbons (Fsp3) is 0.357. The fourth-order valence-electron chi connectivity index (χ4n) is 2.00. The second-order valence-corrected chi connectivity index (χ2v) is 5.40. The van der Waals surface area contributed by atoms with Gasteiger partial charge in [-0.2, -0.15) is 5.26 Å². The molecule has 0 aliphatic rings. The van der Waals surface area contributed by atoms with E-state index in [-0.39, 0.29) is 25.7 Å². The highest BCUT2D eigenvalue weighted by molar-refractivity contribution is 9.10. The van der Waals surface area contributed by atoms with Crippen LogP contribution in [0.4, 0.5) is 0 Å². The molecular formula is C14H14BrNO4. The van der Waals surface area contributed by atoms with Crippen molar-refractivity contribution in [2.45, 2.75) is 31.1 Å². The molecule has 1 aromatic carbocycles. The van der Waals surface area contributed by atoms with Gasteiger partial charge in [-0.3, -0.25) is 9.59 Å². The maximum Gasteiger partial charge on any atom is 0.303 e. The summed E-state index contributed by atoms with van der Waals surface area (Å²) in [7, 11) is 0. The first-order valence-electron chi connectivity index (χ1n) is 6.00. The summed E-state index contributed by atoms with van der Waals surface area (Å²) in [5.41, 5.74) is -0.442. The van der Waals surface area contributed by atoms with Crippen molar-refractivity contribution in [1.82, 2.24) is 0 Å². The molecule has 0 aromatic heterocycles. The van der Waals surface area contributed by atoms with Crippen LogP contribution < -0.4 is 0 Å². The van der Waals surface area contributed by atoms with Gasteiger partial charge >= 0.3 is 11.9 Å². The van der Waals surface area contributed by atoms with Crippen LogP contribution in [0, 0.1) is 11.3 Å². The van der Waals surface area contributed by atoms with E-state index in [4.69, 9.17) is 10.2 Å². The summed E-state index contributed by atoms with van der Waals surface area (Å²) < 4.78 is 0.838. The summed E-state index contributed by atoms with van der Waals surface area (Å²) in [5, 5.41) is 27.1. The molecular weight excluding hydrogens is 326 g/mol. The van der Waals surface area contributed by atoms with Crippen LogP contribution in [0.3, 0.4) is 0 Å². The Labute approximate surface area is 125 Å². The minimum atomic E-state index is -1.09. The Morgan fingerprint density at radius 1 is 1.10 bits per heavy atom. The van der Waals surface area contributed by atoms with E-state index in [0.717, 1.165) is 4.47 Å². The Balaban J connectivity index is 3.08. The molecule has 0 amide bonds. The van der Waals surface area contributed by atoms with Gasteiger partial charge in [0.25, 0.3) is 0 Å². The SMILES string of the molecule is N#CC(CCC(=O)O)(CCC(=O)O)c1ccc(Br)cc1. The minimum absolute atomic E-state index is 0.0910. The molecule has 1 aromatic rings. The first-order valence-corrected chi connectivity index (χ1v) is 6.80. The van der Waals surface area contributed by atoms with Crippen molar-refractivity contribution in [3.8, 4) is 6.07 Å². The summed E-state index contributed by atoms with van der Waals surface area (Å²) in [6.45, 7) is 0. The van der Waals surface area contributed by atoms with Crippen LogP contribution in [0.2, 0.25) is 0 Å². The lowest BCUT2D eigenvalue weighted by molar-refractivity contribution is -0.137. The summed E-state index contributed by atoms with van der Waals surface area (Å²) in [4.78, 5) is 21.5. The number of carboxylic acid groups (broad SMARTS) is 2. The van der Waals surface area contributed by atoms with Crippen LogP contribution in [-0.2, 0) is 15.0 Å².